The average molecular weight is 542 g/mol. The van der Waals surface area contributed by atoms with Crippen LogP contribution in [0.1, 0.15) is 10.4 Å². The molecule has 1 heterocycles. The van der Waals surface area contributed by atoms with Crippen molar-refractivity contribution in [2.24, 2.45) is 0 Å². The van der Waals surface area contributed by atoms with E-state index in [2.05, 4.69) is 9.72 Å². The summed E-state index contributed by atoms with van der Waals surface area (Å²) in [4.78, 5) is 15.1. The summed E-state index contributed by atoms with van der Waals surface area (Å²) in [5.41, 5.74) is -0.828. The van der Waals surface area contributed by atoms with Gasteiger partial charge >= 0.3 is 12.4 Å². The highest BCUT2D eigenvalue weighted by Crippen LogP contribution is 2.38. The lowest BCUT2D eigenvalue weighted by molar-refractivity contribution is -0.300. The molecule has 1 aromatic carbocycles. The summed E-state index contributed by atoms with van der Waals surface area (Å²) in [5, 5.41) is -0.862. The summed E-state index contributed by atoms with van der Waals surface area (Å²) in [7, 11) is 2.68. The van der Waals surface area contributed by atoms with Gasteiger partial charge in [0.15, 0.2) is 22.7 Å². The van der Waals surface area contributed by atoms with Crippen molar-refractivity contribution in [3.8, 4) is 17.4 Å². The van der Waals surface area contributed by atoms with Crippen molar-refractivity contribution >= 4 is 28.7 Å². The highest BCUT2D eigenvalue weighted by Gasteiger charge is 2.59. The van der Waals surface area contributed by atoms with E-state index in [9.17, 15) is 44.1 Å². The second kappa shape index (κ2) is 10.3. The quantitative estimate of drug-likeness (QED) is 0.521. The second-order valence-electron chi connectivity index (χ2n) is 6.40. The molecule has 1 aromatic heterocycles. The number of hydrogen-bond acceptors (Lipinski definition) is 5. The van der Waals surface area contributed by atoms with Gasteiger partial charge in [-0.05, 0) is 6.07 Å². The molecule has 0 aliphatic carbocycles. The fourth-order valence-corrected chi connectivity index (χ4v) is 2.77. The number of nitrogens with zero attached hydrogens (tertiary/aromatic N) is 2. The largest absolute Gasteiger partial charge is 0.454 e. The summed E-state index contributed by atoms with van der Waals surface area (Å²) in [6, 6.07) is 1.48. The van der Waals surface area contributed by atoms with Crippen LogP contribution in [0, 0.1) is 11.6 Å². The lowest BCUT2D eigenvalue weighted by atomic mass is 10.2. The smallest absolute Gasteiger partial charge is 0.434 e. The van der Waals surface area contributed by atoms with Gasteiger partial charge in [-0.3, -0.25) is 9.52 Å². The Morgan fingerprint density at radius 3 is 2.18 bits per heavy atom. The molecule has 0 radical (unpaired) electrons. The highest BCUT2D eigenvalue weighted by atomic mass is 35.5. The Labute approximate surface area is 193 Å². The maximum Gasteiger partial charge on any atom is 0.434 e. The third-order valence-corrected chi connectivity index (χ3v) is 4.91. The number of pyridine rings is 1. The van der Waals surface area contributed by atoms with Crippen molar-refractivity contribution in [2.75, 3.05) is 14.1 Å². The molecule has 188 valence electrons. The molecular formula is C17H12ClF8N3O4S. The van der Waals surface area contributed by atoms with Crippen molar-refractivity contribution in [2.45, 2.75) is 18.5 Å². The molecule has 0 fully saturated rings. The number of nitrogens with one attached hydrogen (secondary N) is 1. The molecule has 1 unspecified atom stereocenters. The Morgan fingerprint density at radius 1 is 1.09 bits per heavy atom. The van der Waals surface area contributed by atoms with Gasteiger partial charge < -0.3 is 9.47 Å². The van der Waals surface area contributed by atoms with Crippen LogP contribution in [-0.2, 0) is 11.2 Å². The van der Waals surface area contributed by atoms with Crippen molar-refractivity contribution in [3.05, 3.63) is 46.6 Å². The first kappa shape index (κ1) is 27.5. The third kappa shape index (κ3) is 6.89. The molecule has 0 saturated heterocycles. The van der Waals surface area contributed by atoms with Gasteiger partial charge in [-0.25, -0.2) is 22.3 Å². The molecule has 0 saturated carbocycles. The van der Waals surface area contributed by atoms with Gasteiger partial charge in [0.1, 0.15) is 16.6 Å². The van der Waals surface area contributed by atoms with Crippen LogP contribution in [0.15, 0.2) is 24.4 Å². The molecule has 1 atom stereocenters. The minimum Gasteiger partial charge on any atom is -0.454 e. The zero-order chi connectivity index (χ0) is 26.0. The van der Waals surface area contributed by atoms with E-state index in [0.29, 0.717) is 24.4 Å². The van der Waals surface area contributed by atoms with E-state index in [1.807, 2.05) is 4.72 Å². The first-order valence-corrected chi connectivity index (χ1v) is 10.0. The van der Waals surface area contributed by atoms with Crippen molar-refractivity contribution in [1.29, 1.82) is 0 Å². The molecule has 2 aromatic rings. The van der Waals surface area contributed by atoms with E-state index in [4.69, 9.17) is 16.3 Å². The minimum absolute atomic E-state index is 0.413. The highest BCUT2D eigenvalue weighted by molar-refractivity contribution is 7.81. The molecular weight excluding hydrogens is 530 g/mol. The van der Waals surface area contributed by atoms with Crippen LogP contribution >= 0.6 is 11.6 Å². The fourth-order valence-electron chi connectivity index (χ4n) is 2.11. The molecule has 34 heavy (non-hydrogen) atoms. The molecule has 1 amide bonds. The van der Waals surface area contributed by atoms with Gasteiger partial charge in [0.05, 0.1) is 11.8 Å². The molecule has 7 nitrogen and oxygen atoms in total. The number of carbonyl (C=O) groups is 1. The first-order valence-electron chi connectivity index (χ1n) is 8.53. The van der Waals surface area contributed by atoms with E-state index >= 15 is 0 Å². The van der Waals surface area contributed by atoms with Crippen LogP contribution in [0.5, 0.6) is 17.4 Å². The van der Waals surface area contributed by atoms with Crippen LogP contribution in [0.25, 0.3) is 0 Å². The molecule has 0 aliphatic heterocycles. The predicted octanol–water partition coefficient (Wildman–Crippen LogP) is 4.55. The lowest BCUT2D eigenvalue weighted by Crippen LogP contribution is -2.46. The maximum absolute atomic E-state index is 14.3. The number of halogens is 9. The summed E-state index contributed by atoms with van der Waals surface area (Å²) in [6.45, 7) is 0. The third-order valence-electron chi connectivity index (χ3n) is 3.61. The van der Waals surface area contributed by atoms with E-state index in [0.717, 1.165) is 4.31 Å². The number of carbonyl (C=O) groups excluding carboxylic acids is 1. The fraction of sp³-hybridized carbons (Fsp3) is 0.294. The van der Waals surface area contributed by atoms with Crippen LogP contribution in [0.3, 0.4) is 0 Å². The van der Waals surface area contributed by atoms with E-state index in [1.54, 1.807) is 0 Å². The number of benzene rings is 1. The Balaban J connectivity index is 2.25. The van der Waals surface area contributed by atoms with Crippen LogP contribution < -0.4 is 14.2 Å². The standard InChI is InChI=1S/C17H12ClF8N3O4S/c1-29(2)34(31)28-13(30)8-4-11(20)12(5-10(8)19)32-7-3-9(18)14(27-6-7)33-15(16(21,22)23)17(24,25)26/h3-6,15H,1-2H3,(H,28,30). The van der Waals surface area contributed by atoms with Gasteiger partial charge in [0, 0.05) is 26.2 Å². The number of hydrogen-bond donors (Lipinski definition) is 1. The van der Waals surface area contributed by atoms with Crippen molar-refractivity contribution in [1.82, 2.24) is 14.0 Å². The molecule has 1 N–H and O–H groups in total. The van der Waals surface area contributed by atoms with Crippen LogP contribution in [0.2, 0.25) is 5.02 Å². The van der Waals surface area contributed by atoms with E-state index in [1.165, 1.54) is 14.1 Å². The number of ether oxygens (including phenoxy) is 2. The topological polar surface area (TPSA) is 80.8 Å². The second-order valence-corrected chi connectivity index (χ2v) is 8.24. The van der Waals surface area contributed by atoms with Gasteiger partial charge in [0.25, 0.3) is 12.0 Å². The number of amides is 1. The summed E-state index contributed by atoms with van der Waals surface area (Å²) in [5.74, 6) is -6.42. The van der Waals surface area contributed by atoms with Crippen LogP contribution in [0.4, 0.5) is 35.1 Å². The monoisotopic (exact) mass is 541 g/mol. The SMILES string of the molecule is CN(C)S(=O)NC(=O)c1cc(F)c(Oc2cnc(OC(C(F)(F)F)C(F)(F)F)c(Cl)c2)cc1F. The first-order chi connectivity index (χ1) is 15.5. The zero-order valence-corrected chi connectivity index (χ0v) is 18.3. The Morgan fingerprint density at radius 2 is 1.68 bits per heavy atom. The number of aromatic nitrogens is 1. The maximum atomic E-state index is 14.3. The van der Waals surface area contributed by atoms with Gasteiger partial charge in [0.2, 0.25) is 5.88 Å². The lowest BCUT2D eigenvalue weighted by Gasteiger charge is -2.23. The summed E-state index contributed by atoms with van der Waals surface area (Å²) < 4.78 is 128. The number of alkyl halides is 6. The Bertz CT molecular complexity index is 1080. The van der Waals surface area contributed by atoms with Crippen molar-refractivity contribution in [3.63, 3.8) is 0 Å². The number of rotatable bonds is 7. The van der Waals surface area contributed by atoms with E-state index in [-0.39, 0.29) is 0 Å². The van der Waals surface area contributed by atoms with Crippen LogP contribution in [-0.4, -0.2) is 52.0 Å². The van der Waals surface area contributed by atoms with Crippen molar-refractivity contribution < 1.29 is 53.6 Å². The normalized spacial score (nSPS) is 13.2. The molecule has 2 rings (SSSR count). The van der Waals surface area contributed by atoms with Gasteiger partial charge in [-0.15, -0.1) is 0 Å². The molecule has 0 aliphatic rings. The average Bonchev–Trinajstić information content (AvgIpc) is 2.67. The van der Waals surface area contributed by atoms with Gasteiger partial charge in [-0.2, -0.15) is 26.3 Å². The Kier molecular flexibility index (Phi) is 8.31. The van der Waals surface area contributed by atoms with Gasteiger partial charge in [-0.1, -0.05) is 11.6 Å². The molecule has 0 spiro atoms. The summed E-state index contributed by atoms with van der Waals surface area (Å²) >= 11 is 3.56. The molecule has 0 bridgehead atoms. The van der Waals surface area contributed by atoms with E-state index < -0.39 is 75.1 Å². The zero-order valence-electron chi connectivity index (χ0n) is 16.7. The Hall–Kier alpha value is -2.72. The summed E-state index contributed by atoms with van der Waals surface area (Å²) in [6.07, 6.45) is -15.3. The minimum atomic E-state index is -5.83. The molecule has 17 heteroatoms. The predicted molar refractivity (Wildman–Crippen MR) is 102 cm³/mol.